The molecule has 0 spiro atoms. The molecule has 1 aromatic heterocycles. The van der Waals surface area contributed by atoms with Gasteiger partial charge in [-0.25, -0.2) is 0 Å². The zero-order chi connectivity index (χ0) is 14.5. The number of nitro groups is 1. The largest absolute Gasteiger partial charge is 0.388 e. The predicted octanol–water partition coefficient (Wildman–Crippen LogP) is 2.92. The van der Waals surface area contributed by atoms with E-state index in [0.717, 1.165) is 10.5 Å². The van der Waals surface area contributed by atoms with Crippen LogP contribution in [0.4, 0.5) is 5.69 Å². The summed E-state index contributed by atoms with van der Waals surface area (Å²) in [7, 11) is 0. The molecule has 0 fully saturated rings. The number of pyridine rings is 1. The smallest absolute Gasteiger partial charge is 0.269 e. The Labute approximate surface area is 125 Å². The van der Waals surface area contributed by atoms with Gasteiger partial charge in [0.05, 0.1) is 10.6 Å². The van der Waals surface area contributed by atoms with Crippen LogP contribution in [-0.2, 0) is 5.75 Å². The molecule has 0 unspecified atom stereocenters. The number of thioether (sulfide) groups is 1. The Kier molecular flexibility index (Phi) is 4.65. The molecule has 2 rings (SSSR count). The van der Waals surface area contributed by atoms with Crippen LogP contribution < -0.4 is 5.73 Å². The molecule has 2 N–H and O–H groups in total. The van der Waals surface area contributed by atoms with Crippen molar-refractivity contribution in [1.82, 2.24) is 4.98 Å². The topological polar surface area (TPSA) is 82.0 Å². The van der Waals surface area contributed by atoms with Gasteiger partial charge in [0, 0.05) is 29.0 Å². The van der Waals surface area contributed by atoms with E-state index in [1.807, 2.05) is 12.1 Å². The van der Waals surface area contributed by atoms with Gasteiger partial charge < -0.3 is 5.73 Å². The molecule has 0 aliphatic rings. The molecule has 0 aliphatic heterocycles. The van der Waals surface area contributed by atoms with E-state index in [1.165, 1.54) is 12.1 Å². The van der Waals surface area contributed by atoms with Gasteiger partial charge >= 0.3 is 0 Å². The molecule has 1 heterocycles. The second-order valence-electron chi connectivity index (χ2n) is 3.95. The minimum atomic E-state index is -0.408. The van der Waals surface area contributed by atoms with E-state index in [2.05, 4.69) is 4.98 Å². The summed E-state index contributed by atoms with van der Waals surface area (Å²) in [6.45, 7) is 0. The second kappa shape index (κ2) is 6.44. The summed E-state index contributed by atoms with van der Waals surface area (Å²) in [5.41, 5.74) is 7.23. The lowest BCUT2D eigenvalue weighted by Crippen LogP contribution is -2.11. The zero-order valence-electron chi connectivity index (χ0n) is 10.4. The maximum atomic E-state index is 10.6. The highest BCUT2D eigenvalue weighted by molar-refractivity contribution is 7.98. The number of nitrogens with zero attached hydrogens (tertiary/aromatic N) is 2. The van der Waals surface area contributed by atoms with Crippen molar-refractivity contribution in [2.24, 2.45) is 5.73 Å². The number of benzene rings is 1. The summed E-state index contributed by atoms with van der Waals surface area (Å²) in [5.74, 6) is 0.707. The van der Waals surface area contributed by atoms with Gasteiger partial charge in [0.25, 0.3) is 5.69 Å². The fourth-order valence-electron chi connectivity index (χ4n) is 1.52. The van der Waals surface area contributed by atoms with Crippen LogP contribution >= 0.6 is 24.0 Å². The van der Waals surface area contributed by atoms with E-state index < -0.39 is 4.92 Å². The highest BCUT2D eigenvalue weighted by atomic mass is 32.2. The molecule has 0 saturated heterocycles. The van der Waals surface area contributed by atoms with E-state index >= 15 is 0 Å². The van der Waals surface area contributed by atoms with Gasteiger partial charge in [-0.2, -0.15) is 0 Å². The summed E-state index contributed by atoms with van der Waals surface area (Å²) in [6, 6.07) is 10.2. The Hall–Kier alpha value is -1.99. The minimum Gasteiger partial charge on any atom is -0.388 e. The lowest BCUT2D eigenvalue weighted by molar-refractivity contribution is -0.384. The van der Waals surface area contributed by atoms with Gasteiger partial charge in [0.1, 0.15) is 4.99 Å². The number of aromatic nitrogens is 1. The first-order chi connectivity index (χ1) is 9.56. The molecular formula is C13H11N3O2S2. The van der Waals surface area contributed by atoms with E-state index in [1.54, 1.807) is 30.1 Å². The van der Waals surface area contributed by atoms with Crippen LogP contribution in [-0.4, -0.2) is 14.9 Å². The Morgan fingerprint density at radius 3 is 2.65 bits per heavy atom. The summed E-state index contributed by atoms with van der Waals surface area (Å²) < 4.78 is 0. The van der Waals surface area contributed by atoms with Crippen LogP contribution in [0.25, 0.3) is 0 Å². The number of hydrogen-bond donors (Lipinski definition) is 1. The number of rotatable bonds is 5. The van der Waals surface area contributed by atoms with Gasteiger partial charge in [0.2, 0.25) is 0 Å². The quantitative estimate of drug-likeness (QED) is 0.396. The molecule has 7 heteroatoms. The monoisotopic (exact) mass is 305 g/mol. The maximum absolute atomic E-state index is 10.6. The average molecular weight is 305 g/mol. The Bertz CT molecular complexity index is 644. The van der Waals surface area contributed by atoms with E-state index in [0.29, 0.717) is 11.4 Å². The summed E-state index contributed by atoms with van der Waals surface area (Å²) in [6.07, 6.45) is 1.66. The summed E-state index contributed by atoms with van der Waals surface area (Å²) in [4.78, 5) is 15.5. The third kappa shape index (κ3) is 3.75. The van der Waals surface area contributed by atoms with Crippen LogP contribution in [0.5, 0.6) is 0 Å². The first kappa shape index (κ1) is 14.4. The van der Waals surface area contributed by atoms with Crippen molar-refractivity contribution in [1.29, 1.82) is 0 Å². The van der Waals surface area contributed by atoms with Gasteiger partial charge in [0.15, 0.2) is 0 Å². The second-order valence-corrected chi connectivity index (χ2v) is 5.44. The van der Waals surface area contributed by atoms with Crippen LogP contribution in [0.1, 0.15) is 11.3 Å². The molecule has 0 aliphatic carbocycles. The highest BCUT2D eigenvalue weighted by Crippen LogP contribution is 2.24. The molecule has 20 heavy (non-hydrogen) atoms. The third-order valence-corrected chi connectivity index (χ3v) is 3.81. The van der Waals surface area contributed by atoms with Crippen LogP contribution in [0.2, 0.25) is 0 Å². The number of non-ortho nitro benzene ring substituents is 1. The molecule has 5 nitrogen and oxygen atoms in total. The van der Waals surface area contributed by atoms with Crippen molar-refractivity contribution in [3.05, 3.63) is 64.0 Å². The first-order valence-electron chi connectivity index (χ1n) is 5.68. The van der Waals surface area contributed by atoms with Crippen molar-refractivity contribution in [2.45, 2.75) is 10.6 Å². The Morgan fingerprint density at radius 2 is 2.05 bits per heavy atom. The molecule has 1 aromatic carbocycles. The molecule has 0 radical (unpaired) electrons. The Balaban J connectivity index is 2.03. The predicted molar refractivity (Wildman–Crippen MR) is 82.8 cm³/mol. The van der Waals surface area contributed by atoms with Crippen molar-refractivity contribution in [3.63, 3.8) is 0 Å². The lowest BCUT2D eigenvalue weighted by atomic mass is 10.2. The SMILES string of the molecule is NC(=S)c1cc(SCc2ccc([N+](=O)[O-])cc2)ccn1. The highest BCUT2D eigenvalue weighted by Gasteiger charge is 2.05. The first-order valence-corrected chi connectivity index (χ1v) is 7.07. The standard InChI is InChI=1S/C13H11N3O2S2/c14-13(19)12-7-11(5-6-15-12)20-8-9-1-3-10(4-2-9)16(17)18/h1-7H,8H2,(H2,14,19). The Morgan fingerprint density at radius 1 is 1.35 bits per heavy atom. The van der Waals surface area contributed by atoms with Gasteiger partial charge in [-0.05, 0) is 17.7 Å². The normalized spacial score (nSPS) is 10.2. The number of nitrogens with two attached hydrogens (primary N) is 1. The van der Waals surface area contributed by atoms with Crippen molar-refractivity contribution in [2.75, 3.05) is 0 Å². The van der Waals surface area contributed by atoms with Gasteiger partial charge in [-0.1, -0.05) is 24.4 Å². The number of hydrogen-bond acceptors (Lipinski definition) is 5. The summed E-state index contributed by atoms with van der Waals surface area (Å²) in [5, 5.41) is 10.6. The molecule has 0 atom stereocenters. The number of nitro benzene ring substituents is 1. The molecule has 2 aromatic rings. The van der Waals surface area contributed by atoms with Crippen molar-refractivity contribution >= 4 is 34.7 Å². The minimum absolute atomic E-state index is 0.0958. The van der Waals surface area contributed by atoms with Crippen LogP contribution in [0.3, 0.4) is 0 Å². The zero-order valence-corrected chi connectivity index (χ0v) is 12.0. The van der Waals surface area contributed by atoms with Crippen molar-refractivity contribution in [3.8, 4) is 0 Å². The molecular weight excluding hydrogens is 294 g/mol. The summed E-state index contributed by atoms with van der Waals surface area (Å²) >= 11 is 6.47. The fourth-order valence-corrected chi connectivity index (χ4v) is 2.51. The average Bonchev–Trinajstić information content (AvgIpc) is 2.46. The van der Waals surface area contributed by atoms with Crippen LogP contribution in [0, 0.1) is 10.1 Å². The lowest BCUT2D eigenvalue weighted by Gasteiger charge is -2.04. The van der Waals surface area contributed by atoms with Crippen molar-refractivity contribution < 1.29 is 4.92 Å². The molecule has 0 saturated carbocycles. The molecule has 0 bridgehead atoms. The van der Waals surface area contributed by atoms with Gasteiger partial charge in [-0.3, -0.25) is 15.1 Å². The van der Waals surface area contributed by atoms with E-state index in [9.17, 15) is 10.1 Å². The van der Waals surface area contributed by atoms with E-state index in [-0.39, 0.29) is 10.7 Å². The van der Waals surface area contributed by atoms with E-state index in [4.69, 9.17) is 18.0 Å². The third-order valence-electron chi connectivity index (χ3n) is 2.54. The number of thiocarbonyl (C=S) groups is 1. The molecule has 102 valence electrons. The fraction of sp³-hybridized carbons (Fsp3) is 0.0769. The van der Waals surface area contributed by atoms with Crippen LogP contribution in [0.15, 0.2) is 47.5 Å². The maximum Gasteiger partial charge on any atom is 0.269 e. The van der Waals surface area contributed by atoms with Gasteiger partial charge in [-0.15, -0.1) is 11.8 Å². The molecule has 0 amide bonds.